The lowest BCUT2D eigenvalue weighted by molar-refractivity contribution is -0.0301. The van der Waals surface area contributed by atoms with Crippen molar-refractivity contribution in [3.8, 4) is 22.8 Å². The summed E-state index contributed by atoms with van der Waals surface area (Å²) in [6.07, 6.45) is 4.86. The van der Waals surface area contributed by atoms with Crippen LogP contribution >= 0.6 is 0 Å². The Bertz CT molecular complexity index is 789. The molecule has 1 aliphatic carbocycles. The molecule has 3 heterocycles. The zero-order valence-electron chi connectivity index (χ0n) is 15.4. The molecule has 2 N–H and O–H groups in total. The number of ether oxygens (including phenoxy) is 3. The fourth-order valence-electron chi connectivity index (χ4n) is 3.90. The van der Waals surface area contributed by atoms with Crippen LogP contribution in [0.15, 0.2) is 24.4 Å². The summed E-state index contributed by atoms with van der Waals surface area (Å²) in [4.78, 5) is 2.58. The lowest BCUT2D eigenvalue weighted by Crippen LogP contribution is -2.47. The van der Waals surface area contributed by atoms with E-state index in [0.717, 1.165) is 67.1 Å². The number of fused-ring (bicyclic) bond motifs is 1. The van der Waals surface area contributed by atoms with Gasteiger partial charge in [0.15, 0.2) is 11.5 Å². The van der Waals surface area contributed by atoms with Gasteiger partial charge in [-0.25, -0.2) is 0 Å². The van der Waals surface area contributed by atoms with Gasteiger partial charge in [0.1, 0.15) is 13.2 Å². The van der Waals surface area contributed by atoms with Crippen LogP contribution in [0.5, 0.6) is 11.5 Å². The first-order chi connectivity index (χ1) is 13.4. The second-order valence-electron chi connectivity index (χ2n) is 7.48. The standard InChI is InChI=1S/C20H26N4O3/c1-4-18-19(27-8-7-26-18)9-14(1)20-15(11-22-23-20)10-21-12-17-13-24(5-6-25-17)16-2-3-16/h1,4,9,11,16-17,21H,2-3,5-8,10,12-13H2,(H,22,23)/t17-/m0/s1. The lowest BCUT2D eigenvalue weighted by Gasteiger charge is -2.33. The molecule has 3 aliphatic rings. The first kappa shape index (κ1) is 17.0. The van der Waals surface area contributed by atoms with E-state index in [-0.39, 0.29) is 6.10 Å². The average Bonchev–Trinajstić information content (AvgIpc) is 3.47. The fourth-order valence-corrected chi connectivity index (χ4v) is 3.90. The van der Waals surface area contributed by atoms with Crippen LogP contribution in [0.3, 0.4) is 0 Å². The molecule has 0 unspecified atom stereocenters. The van der Waals surface area contributed by atoms with Crippen LogP contribution in [0.1, 0.15) is 18.4 Å². The van der Waals surface area contributed by atoms with Gasteiger partial charge in [0.05, 0.1) is 24.6 Å². The van der Waals surface area contributed by atoms with E-state index < -0.39 is 0 Å². The number of morpholine rings is 1. The van der Waals surface area contributed by atoms with Crippen LogP contribution in [0.4, 0.5) is 0 Å². The summed E-state index contributed by atoms with van der Waals surface area (Å²) in [5, 5.41) is 10.9. The molecular weight excluding hydrogens is 344 g/mol. The summed E-state index contributed by atoms with van der Waals surface area (Å²) >= 11 is 0. The molecule has 1 saturated carbocycles. The Kier molecular flexibility index (Phi) is 4.73. The molecule has 1 atom stereocenters. The Balaban J connectivity index is 1.20. The molecule has 7 nitrogen and oxygen atoms in total. The number of nitrogens with one attached hydrogen (secondary N) is 2. The van der Waals surface area contributed by atoms with Gasteiger partial charge in [-0.3, -0.25) is 10.00 Å². The van der Waals surface area contributed by atoms with E-state index >= 15 is 0 Å². The molecule has 144 valence electrons. The first-order valence-corrected chi connectivity index (χ1v) is 9.85. The molecule has 2 aromatic rings. The minimum Gasteiger partial charge on any atom is -0.486 e. The Hall–Kier alpha value is -2.09. The monoisotopic (exact) mass is 370 g/mol. The van der Waals surface area contributed by atoms with E-state index in [1.807, 2.05) is 24.4 Å². The predicted molar refractivity (Wildman–Crippen MR) is 101 cm³/mol. The number of aromatic nitrogens is 2. The lowest BCUT2D eigenvalue weighted by atomic mass is 10.1. The maximum absolute atomic E-state index is 5.92. The van der Waals surface area contributed by atoms with Crippen molar-refractivity contribution in [1.29, 1.82) is 0 Å². The van der Waals surface area contributed by atoms with Gasteiger partial charge in [-0.1, -0.05) is 0 Å². The minimum atomic E-state index is 0.268. The van der Waals surface area contributed by atoms with Crippen molar-refractivity contribution in [2.75, 3.05) is 39.5 Å². The third-order valence-corrected chi connectivity index (χ3v) is 5.47. The highest BCUT2D eigenvalue weighted by atomic mass is 16.6. The molecule has 1 saturated heterocycles. The highest BCUT2D eigenvalue weighted by Crippen LogP contribution is 2.34. The molecule has 1 aromatic heterocycles. The van der Waals surface area contributed by atoms with Gasteiger partial charge in [-0.2, -0.15) is 5.10 Å². The topological polar surface area (TPSA) is 71.6 Å². The van der Waals surface area contributed by atoms with Gasteiger partial charge in [0.25, 0.3) is 0 Å². The molecular formula is C20H26N4O3. The maximum Gasteiger partial charge on any atom is 0.162 e. The number of aromatic amines is 1. The second kappa shape index (κ2) is 7.50. The first-order valence-electron chi connectivity index (χ1n) is 9.85. The number of benzene rings is 1. The average molecular weight is 370 g/mol. The minimum absolute atomic E-state index is 0.268. The third kappa shape index (κ3) is 3.81. The van der Waals surface area contributed by atoms with E-state index in [9.17, 15) is 0 Å². The number of rotatable bonds is 6. The summed E-state index contributed by atoms with van der Waals surface area (Å²) in [6, 6.07) is 6.84. The van der Waals surface area contributed by atoms with Gasteiger partial charge >= 0.3 is 0 Å². The molecule has 0 spiro atoms. The Morgan fingerprint density at radius 3 is 2.93 bits per heavy atom. The van der Waals surface area contributed by atoms with E-state index in [0.29, 0.717) is 13.2 Å². The summed E-state index contributed by atoms with van der Waals surface area (Å²) < 4.78 is 17.2. The van der Waals surface area contributed by atoms with E-state index in [4.69, 9.17) is 14.2 Å². The van der Waals surface area contributed by atoms with Crippen molar-refractivity contribution < 1.29 is 14.2 Å². The van der Waals surface area contributed by atoms with Crippen LogP contribution in [0, 0.1) is 0 Å². The van der Waals surface area contributed by atoms with Crippen molar-refractivity contribution in [1.82, 2.24) is 20.4 Å². The van der Waals surface area contributed by atoms with Crippen LogP contribution < -0.4 is 14.8 Å². The quantitative estimate of drug-likeness (QED) is 0.808. The van der Waals surface area contributed by atoms with Crippen LogP contribution in [0.2, 0.25) is 0 Å². The largest absolute Gasteiger partial charge is 0.486 e. The smallest absolute Gasteiger partial charge is 0.162 e. The molecule has 5 rings (SSSR count). The Labute approximate surface area is 159 Å². The summed E-state index contributed by atoms with van der Waals surface area (Å²) in [5.74, 6) is 1.60. The van der Waals surface area contributed by atoms with Crippen molar-refractivity contribution >= 4 is 0 Å². The van der Waals surface area contributed by atoms with Gasteiger partial charge in [-0.15, -0.1) is 0 Å². The summed E-state index contributed by atoms with van der Waals surface area (Å²) in [6.45, 7) is 5.77. The highest BCUT2D eigenvalue weighted by molar-refractivity contribution is 5.66. The predicted octanol–water partition coefficient (Wildman–Crippen LogP) is 1.80. The molecule has 1 aromatic carbocycles. The van der Waals surface area contributed by atoms with Gasteiger partial charge in [0.2, 0.25) is 0 Å². The number of hydrogen-bond donors (Lipinski definition) is 2. The third-order valence-electron chi connectivity index (χ3n) is 5.47. The fraction of sp³-hybridized carbons (Fsp3) is 0.550. The second-order valence-corrected chi connectivity index (χ2v) is 7.48. The van der Waals surface area contributed by atoms with Crippen molar-refractivity contribution in [2.24, 2.45) is 0 Å². The van der Waals surface area contributed by atoms with E-state index in [2.05, 4.69) is 20.4 Å². The Morgan fingerprint density at radius 2 is 2.04 bits per heavy atom. The molecule has 0 amide bonds. The van der Waals surface area contributed by atoms with Crippen molar-refractivity contribution in [3.05, 3.63) is 30.0 Å². The zero-order valence-corrected chi connectivity index (χ0v) is 15.4. The SMILES string of the molecule is c1cc2c(cc1-c1[nH]ncc1CNC[C@H]1CN(C3CC3)CCO1)OCCO2. The molecule has 27 heavy (non-hydrogen) atoms. The van der Waals surface area contributed by atoms with Crippen LogP contribution in [-0.2, 0) is 11.3 Å². The summed E-state index contributed by atoms with van der Waals surface area (Å²) in [7, 11) is 0. The molecule has 7 heteroatoms. The zero-order chi connectivity index (χ0) is 18.1. The Morgan fingerprint density at radius 1 is 1.15 bits per heavy atom. The molecule has 2 fully saturated rings. The number of H-pyrrole nitrogens is 1. The van der Waals surface area contributed by atoms with Crippen LogP contribution in [-0.4, -0.2) is 66.7 Å². The van der Waals surface area contributed by atoms with E-state index in [1.54, 1.807) is 0 Å². The van der Waals surface area contributed by atoms with Gasteiger partial charge < -0.3 is 19.5 Å². The summed E-state index contributed by atoms with van der Waals surface area (Å²) in [5.41, 5.74) is 3.22. The van der Waals surface area contributed by atoms with Crippen molar-refractivity contribution in [3.63, 3.8) is 0 Å². The van der Waals surface area contributed by atoms with Gasteiger partial charge in [-0.05, 0) is 31.0 Å². The highest BCUT2D eigenvalue weighted by Gasteiger charge is 2.32. The molecule has 2 aliphatic heterocycles. The van der Waals surface area contributed by atoms with Gasteiger partial charge in [0, 0.05) is 43.3 Å². The van der Waals surface area contributed by atoms with Crippen molar-refractivity contribution in [2.45, 2.75) is 31.5 Å². The maximum atomic E-state index is 5.92. The molecule has 0 radical (unpaired) electrons. The normalized spacial score (nSPS) is 22.7. The number of hydrogen-bond acceptors (Lipinski definition) is 6. The molecule has 0 bridgehead atoms. The number of nitrogens with zero attached hydrogens (tertiary/aromatic N) is 2. The van der Waals surface area contributed by atoms with Crippen LogP contribution in [0.25, 0.3) is 11.3 Å². The van der Waals surface area contributed by atoms with E-state index in [1.165, 1.54) is 12.8 Å².